The van der Waals surface area contributed by atoms with Crippen LogP contribution in [0.1, 0.15) is 88.5 Å². The van der Waals surface area contributed by atoms with Crippen molar-refractivity contribution in [2.45, 2.75) is 83.0 Å². The first-order valence-electron chi connectivity index (χ1n) is 8.95. The van der Waals surface area contributed by atoms with Crippen molar-refractivity contribution in [3.63, 3.8) is 0 Å². The Morgan fingerprint density at radius 2 is 1.19 bits per heavy atom. The van der Waals surface area contributed by atoms with Crippen molar-refractivity contribution in [2.75, 3.05) is 0 Å². The molecule has 1 unspecified atom stereocenters. The third kappa shape index (κ3) is 6.03. The topological polar surface area (TPSA) is 17.1 Å². The van der Waals surface area contributed by atoms with Crippen LogP contribution in [0.15, 0.2) is 30.3 Å². The van der Waals surface area contributed by atoms with Gasteiger partial charge in [-0.2, -0.15) is 0 Å². The summed E-state index contributed by atoms with van der Waals surface area (Å²) in [5.41, 5.74) is 1.23. The molecule has 2 rings (SSSR count). The molecule has 0 spiro atoms. The molecule has 0 radical (unpaired) electrons. The molecule has 1 atom stereocenters. The van der Waals surface area contributed by atoms with Gasteiger partial charge < -0.3 is 0 Å². The first-order valence-corrected chi connectivity index (χ1v) is 8.95. The van der Waals surface area contributed by atoms with Crippen LogP contribution in [-0.2, 0) is 4.79 Å². The molecule has 1 aliphatic carbocycles. The minimum absolute atomic E-state index is 0.147. The maximum Gasteiger partial charge on any atom is 0.140 e. The van der Waals surface area contributed by atoms with Crippen molar-refractivity contribution < 1.29 is 4.79 Å². The van der Waals surface area contributed by atoms with Crippen LogP contribution in [0.3, 0.4) is 0 Å². The maximum absolute atomic E-state index is 12.6. The average molecular weight is 286 g/mol. The van der Waals surface area contributed by atoms with Gasteiger partial charge in [-0.15, -0.1) is 0 Å². The summed E-state index contributed by atoms with van der Waals surface area (Å²) in [6, 6.07) is 10.4. The monoisotopic (exact) mass is 286 g/mol. The number of hydrogen-bond acceptors (Lipinski definition) is 1. The number of ketones is 1. The molecule has 1 fully saturated rings. The van der Waals surface area contributed by atoms with Crippen LogP contribution < -0.4 is 0 Å². The van der Waals surface area contributed by atoms with Gasteiger partial charge in [0.15, 0.2) is 0 Å². The Hall–Kier alpha value is -1.11. The van der Waals surface area contributed by atoms with Crippen LogP contribution >= 0.6 is 0 Å². The Labute approximate surface area is 130 Å². The van der Waals surface area contributed by atoms with Crippen molar-refractivity contribution in [3.8, 4) is 0 Å². The lowest BCUT2D eigenvalue weighted by atomic mass is 9.87. The summed E-state index contributed by atoms with van der Waals surface area (Å²) in [6.07, 6.45) is 14.8. The number of Topliss-reactive ketones (excluding diaryl/α,β-unsaturated/α-hetero) is 1. The van der Waals surface area contributed by atoms with Gasteiger partial charge in [0.05, 0.1) is 0 Å². The second-order valence-corrected chi connectivity index (χ2v) is 6.50. The third-order valence-corrected chi connectivity index (χ3v) is 4.76. The molecule has 0 amide bonds. The van der Waals surface area contributed by atoms with Crippen LogP contribution in [0, 0.1) is 0 Å². The van der Waals surface area contributed by atoms with Crippen molar-refractivity contribution in [2.24, 2.45) is 0 Å². The molecule has 1 heteroatoms. The second kappa shape index (κ2) is 9.76. The van der Waals surface area contributed by atoms with E-state index >= 15 is 0 Å². The molecular formula is C20H30O. The molecule has 0 saturated heterocycles. The van der Waals surface area contributed by atoms with E-state index in [-0.39, 0.29) is 5.92 Å². The fraction of sp³-hybridized carbons (Fsp3) is 0.650. The van der Waals surface area contributed by atoms with Gasteiger partial charge in [-0.3, -0.25) is 4.79 Å². The van der Waals surface area contributed by atoms with E-state index in [0.717, 1.165) is 19.3 Å². The Balaban J connectivity index is 1.95. The Kier molecular flexibility index (Phi) is 7.56. The van der Waals surface area contributed by atoms with E-state index in [9.17, 15) is 4.79 Å². The van der Waals surface area contributed by atoms with E-state index in [0.29, 0.717) is 5.78 Å². The molecule has 0 bridgehead atoms. The van der Waals surface area contributed by atoms with Gasteiger partial charge in [0.2, 0.25) is 0 Å². The van der Waals surface area contributed by atoms with Gasteiger partial charge in [0.1, 0.15) is 5.78 Å². The SMILES string of the molecule is O=C1CCCCCCCCCCCCC1c1ccccc1. The van der Waals surface area contributed by atoms with E-state index < -0.39 is 0 Å². The molecule has 0 N–H and O–H groups in total. The highest BCUT2D eigenvalue weighted by Crippen LogP contribution is 2.26. The number of benzene rings is 1. The lowest BCUT2D eigenvalue weighted by Gasteiger charge is -2.17. The third-order valence-electron chi connectivity index (χ3n) is 4.76. The Morgan fingerprint density at radius 1 is 0.667 bits per heavy atom. The predicted molar refractivity (Wildman–Crippen MR) is 89.6 cm³/mol. The molecule has 1 aromatic rings. The highest BCUT2D eigenvalue weighted by Gasteiger charge is 2.19. The van der Waals surface area contributed by atoms with E-state index in [1.54, 1.807) is 0 Å². The largest absolute Gasteiger partial charge is 0.299 e. The molecule has 0 aromatic heterocycles. The van der Waals surface area contributed by atoms with Crippen LogP contribution in [0.25, 0.3) is 0 Å². The summed E-state index contributed by atoms with van der Waals surface area (Å²) < 4.78 is 0. The lowest BCUT2D eigenvalue weighted by Crippen LogP contribution is -2.13. The summed E-state index contributed by atoms with van der Waals surface area (Å²) in [7, 11) is 0. The first-order chi connectivity index (χ1) is 10.4. The van der Waals surface area contributed by atoms with Gasteiger partial charge in [-0.1, -0.05) is 88.1 Å². The van der Waals surface area contributed by atoms with Crippen LogP contribution in [-0.4, -0.2) is 5.78 Å². The molecule has 21 heavy (non-hydrogen) atoms. The average Bonchev–Trinajstić information content (AvgIpc) is 2.52. The van der Waals surface area contributed by atoms with E-state index in [2.05, 4.69) is 24.3 Å². The summed E-state index contributed by atoms with van der Waals surface area (Å²) in [4.78, 5) is 12.6. The van der Waals surface area contributed by atoms with E-state index in [1.165, 1.54) is 63.4 Å². The number of hydrogen-bond donors (Lipinski definition) is 0. The molecule has 1 saturated carbocycles. The summed E-state index contributed by atoms with van der Waals surface area (Å²) in [5, 5.41) is 0. The van der Waals surface area contributed by atoms with Gasteiger partial charge in [0.25, 0.3) is 0 Å². The highest BCUT2D eigenvalue weighted by atomic mass is 16.1. The fourth-order valence-corrected chi connectivity index (χ4v) is 3.44. The van der Waals surface area contributed by atoms with Crippen LogP contribution in [0.4, 0.5) is 0 Å². The standard InChI is InChI=1S/C20H30O/c21-20-17-13-8-6-4-2-1-3-5-7-12-16-19(20)18-14-10-9-11-15-18/h9-11,14-15,19H,1-8,12-13,16-17H2. The molecule has 0 heterocycles. The minimum atomic E-state index is 0.147. The van der Waals surface area contributed by atoms with E-state index in [4.69, 9.17) is 0 Å². The van der Waals surface area contributed by atoms with Crippen molar-refractivity contribution in [1.29, 1.82) is 0 Å². The van der Waals surface area contributed by atoms with Crippen molar-refractivity contribution >= 4 is 5.78 Å². The van der Waals surface area contributed by atoms with Gasteiger partial charge in [-0.25, -0.2) is 0 Å². The summed E-state index contributed by atoms with van der Waals surface area (Å²) in [5.74, 6) is 0.618. The Bertz CT molecular complexity index is 396. The normalized spacial score (nSPS) is 23.4. The lowest BCUT2D eigenvalue weighted by molar-refractivity contribution is -0.120. The smallest absolute Gasteiger partial charge is 0.140 e. The zero-order chi connectivity index (χ0) is 14.8. The van der Waals surface area contributed by atoms with Crippen LogP contribution in [0.5, 0.6) is 0 Å². The molecular weight excluding hydrogens is 256 g/mol. The summed E-state index contributed by atoms with van der Waals surface area (Å²) in [6.45, 7) is 0. The molecule has 0 aliphatic heterocycles. The maximum atomic E-state index is 12.6. The predicted octanol–water partition coefficient (Wildman–Crippen LogP) is 6.03. The number of carbonyl (C=O) groups excluding carboxylic acids is 1. The second-order valence-electron chi connectivity index (χ2n) is 6.50. The fourth-order valence-electron chi connectivity index (χ4n) is 3.44. The van der Waals surface area contributed by atoms with Gasteiger partial charge in [-0.05, 0) is 18.4 Å². The molecule has 1 aliphatic rings. The molecule has 1 aromatic carbocycles. The first kappa shape index (κ1) is 16.3. The quantitative estimate of drug-likeness (QED) is 0.615. The Morgan fingerprint density at radius 3 is 1.81 bits per heavy atom. The summed E-state index contributed by atoms with van der Waals surface area (Å²) >= 11 is 0. The zero-order valence-corrected chi connectivity index (χ0v) is 13.4. The molecule has 116 valence electrons. The van der Waals surface area contributed by atoms with E-state index in [1.807, 2.05) is 6.07 Å². The number of carbonyl (C=O) groups is 1. The van der Waals surface area contributed by atoms with Crippen molar-refractivity contribution in [1.82, 2.24) is 0 Å². The minimum Gasteiger partial charge on any atom is -0.299 e. The highest BCUT2D eigenvalue weighted by molar-refractivity contribution is 5.85. The van der Waals surface area contributed by atoms with Gasteiger partial charge in [0, 0.05) is 12.3 Å². The zero-order valence-electron chi connectivity index (χ0n) is 13.4. The van der Waals surface area contributed by atoms with Gasteiger partial charge >= 0.3 is 0 Å². The number of rotatable bonds is 1. The van der Waals surface area contributed by atoms with Crippen LogP contribution in [0.2, 0.25) is 0 Å². The molecule has 1 nitrogen and oxygen atoms in total. The van der Waals surface area contributed by atoms with Crippen molar-refractivity contribution in [3.05, 3.63) is 35.9 Å².